The molecule has 2 heterocycles. The van der Waals surface area contributed by atoms with E-state index in [1.165, 1.54) is 19.3 Å². The molecule has 0 saturated carbocycles. The number of unbranched alkanes of at least 4 members (excludes halogenated alkanes) is 4. The van der Waals surface area contributed by atoms with Crippen LogP contribution < -0.4 is 0 Å². The molecule has 5 heteroatoms. The van der Waals surface area contributed by atoms with Gasteiger partial charge in [-0.1, -0.05) is 50.8 Å². The smallest absolute Gasteiger partial charge is 0.255 e. The molecule has 0 aliphatic carbocycles. The van der Waals surface area contributed by atoms with Gasteiger partial charge in [0.1, 0.15) is 0 Å². The Balaban J connectivity index is 1.55. The maximum absolute atomic E-state index is 13.2. The molecule has 0 radical (unpaired) electrons. The Morgan fingerprint density at radius 3 is 2.46 bits per heavy atom. The van der Waals surface area contributed by atoms with Crippen LogP contribution in [-0.2, 0) is 4.79 Å². The van der Waals surface area contributed by atoms with Crippen LogP contribution in [0.2, 0.25) is 0 Å². The van der Waals surface area contributed by atoms with E-state index in [1.807, 2.05) is 47.9 Å². The highest BCUT2D eigenvalue weighted by Gasteiger charge is 2.47. The predicted octanol–water partition coefficient (Wildman–Crippen LogP) is 4.86. The third-order valence-corrected chi connectivity index (χ3v) is 7.74. The minimum atomic E-state index is -0.128. The highest BCUT2D eigenvalue weighted by atomic mass is 32.2. The van der Waals surface area contributed by atoms with Gasteiger partial charge >= 0.3 is 0 Å². The van der Waals surface area contributed by atoms with E-state index >= 15 is 0 Å². The average molecular weight is 403 g/mol. The molecule has 0 aromatic heterocycles. The monoisotopic (exact) mass is 402 g/mol. The summed E-state index contributed by atoms with van der Waals surface area (Å²) in [5.74, 6) is 1.44. The second kappa shape index (κ2) is 9.82. The second-order valence-electron chi connectivity index (χ2n) is 8.11. The van der Waals surface area contributed by atoms with Crippen molar-refractivity contribution in [1.29, 1.82) is 0 Å². The number of hydrogen-bond donors (Lipinski definition) is 0. The molecule has 2 saturated heterocycles. The summed E-state index contributed by atoms with van der Waals surface area (Å²) >= 11 is 1.91. The Kier molecular flexibility index (Phi) is 7.44. The fourth-order valence-electron chi connectivity index (χ4n) is 4.41. The summed E-state index contributed by atoms with van der Waals surface area (Å²) in [6.07, 6.45) is 8.35. The van der Waals surface area contributed by atoms with E-state index in [4.69, 9.17) is 0 Å². The zero-order chi connectivity index (χ0) is 20.0. The summed E-state index contributed by atoms with van der Waals surface area (Å²) in [4.78, 5) is 29.8. The molecule has 4 nitrogen and oxygen atoms in total. The molecule has 0 unspecified atom stereocenters. The van der Waals surface area contributed by atoms with Gasteiger partial charge in [-0.05, 0) is 37.8 Å². The normalized spacial score (nSPS) is 18.6. The van der Waals surface area contributed by atoms with Gasteiger partial charge in [-0.25, -0.2) is 0 Å². The lowest BCUT2D eigenvalue weighted by Gasteiger charge is -2.44. The van der Waals surface area contributed by atoms with Crippen LogP contribution in [0.3, 0.4) is 0 Å². The van der Waals surface area contributed by atoms with E-state index in [0.717, 1.165) is 62.2 Å². The summed E-state index contributed by atoms with van der Waals surface area (Å²) in [6.45, 7) is 6.58. The molecule has 1 spiro atoms. The quantitative estimate of drug-likeness (QED) is 0.611. The molecule has 0 N–H and O–H groups in total. The maximum atomic E-state index is 13.2. The third kappa shape index (κ3) is 4.73. The molecule has 154 valence electrons. The number of amides is 2. The first-order chi connectivity index (χ1) is 13.6. The van der Waals surface area contributed by atoms with Gasteiger partial charge < -0.3 is 9.80 Å². The van der Waals surface area contributed by atoms with Crippen LogP contribution in [0.1, 0.15) is 74.2 Å². The van der Waals surface area contributed by atoms with Crippen molar-refractivity contribution in [3.05, 3.63) is 35.4 Å². The van der Waals surface area contributed by atoms with Gasteiger partial charge in [-0.2, -0.15) is 0 Å². The molecular formula is C23H34N2O2S. The molecular weight excluding hydrogens is 368 g/mol. The largest absolute Gasteiger partial charge is 0.342 e. The first kappa shape index (κ1) is 21.2. The van der Waals surface area contributed by atoms with Gasteiger partial charge in [0.05, 0.1) is 4.87 Å². The number of aryl methyl sites for hydroxylation is 1. The molecule has 2 fully saturated rings. The van der Waals surface area contributed by atoms with Gasteiger partial charge in [-0.3, -0.25) is 9.59 Å². The van der Waals surface area contributed by atoms with E-state index in [0.29, 0.717) is 12.3 Å². The van der Waals surface area contributed by atoms with E-state index in [2.05, 4.69) is 11.8 Å². The lowest BCUT2D eigenvalue weighted by molar-refractivity contribution is -0.132. The first-order valence-electron chi connectivity index (χ1n) is 10.9. The molecule has 28 heavy (non-hydrogen) atoms. The van der Waals surface area contributed by atoms with Crippen LogP contribution in [0.4, 0.5) is 0 Å². The topological polar surface area (TPSA) is 40.6 Å². The van der Waals surface area contributed by atoms with E-state index in [-0.39, 0.29) is 10.8 Å². The average Bonchev–Trinajstić information content (AvgIpc) is 3.11. The van der Waals surface area contributed by atoms with Crippen LogP contribution >= 0.6 is 11.8 Å². The van der Waals surface area contributed by atoms with Crippen molar-refractivity contribution in [2.75, 3.05) is 25.4 Å². The Morgan fingerprint density at radius 1 is 1.04 bits per heavy atom. The molecule has 1 aromatic carbocycles. The Hall–Kier alpha value is -1.49. The Bertz CT molecular complexity index is 683. The maximum Gasteiger partial charge on any atom is 0.255 e. The molecule has 2 aliphatic rings. The van der Waals surface area contributed by atoms with Crippen molar-refractivity contribution in [2.45, 2.75) is 70.1 Å². The van der Waals surface area contributed by atoms with Gasteiger partial charge in [0, 0.05) is 37.4 Å². The third-order valence-electron chi connectivity index (χ3n) is 6.19. The standard InChI is InChI=1S/C23H34N2O2S/c1-3-4-5-6-7-12-21(26)24-15-13-23(14-16-24)25(17-18-28-23)22(27)20-11-9-8-10-19(20)2/h8-11H,3-7,12-18H2,1-2H3. The lowest BCUT2D eigenvalue weighted by Crippen LogP contribution is -2.53. The molecule has 2 amide bonds. The van der Waals surface area contributed by atoms with Crippen molar-refractivity contribution in [3.63, 3.8) is 0 Å². The van der Waals surface area contributed by atoms with Crippen molar-refractivity contribution in [2.24, 2.45) is 0 Å². The number of likely N-dealkylation sites (tertiary alicyclic amines) is 1. The van der Waals surface area contributed by atoms with Crippen molar-refractivity contribution >= 4 is 23.6 Å². The number of thioether (sulfide) groups is 1. The molecule has 0 atom stereocenters. The van der Waals surface area contributed by atoms with Crippen LogP contribution in [0, 0.1) is 6.92 Å². The van der Waals surface area contributed by atoms with Crippen LogP contribution in [0.25, 0.3) is 0 Å². The number of piperidine rings is 1. The zero-order valence-electron chi connectivity index (χ0n) is 17.4. The number of benzene rings is 1. The van der Waals surface area contributed by atoms with Crippen LogP contribution in [0.5, 0.6) is 0 Å². The second-order valence-corrected chi connectivity index (χ2v) is 9.57. The van der Waals surface area contributed by atoms with E-state index < -0.39 is 0 Å². The van der Waals surface area contributed by atoms with E-state index in [1.54, 1.807) is 0 Å². The van der Waals surface area contributed by atoms with Crippen molar-refractivity contribution in [1.82, 2.24) is 9.80 Å². The van der Waals surface area contributed by atoms with Crippen molar-refractivity contribution < 1.29 is 9.59 Å². The summed E-state index contributed by atoms with van der Waals surface area (Å²) in [5, 5.41) is 0. The summed E-state index contributed by atoms with van der Waals surface area (Å²) < 4.78 is 0. The Morgan fingerprint density at radius 2 is 1.75 bits per heavy atom. The fraction of sp³-hybridized carbons (Fsp3) is 0.652. The number of rotatable bonds is 7. The fourth-order valence-corrected chi connectivity index (χ4v) is 5.87. The molecule has 1 aromatic rings. The van der Waals surface area contributed by atoms with Gasteiger partial charge in [0.25, 0.3) is 5.91 Å². The van der Waals surface area contributed by atoms with E-state index in [9.17, 15) is 9.59 Å². The zero-order valence-corrected chi connectivity index (χ0v) is 18.2. The highest BCUT2D eigenvalue weighted by Crippen LogP contribution is 2.44. The highest BCUT2D eigenvalue weighted by molar-refractivity contribution is 8.00. The Labute approximate surface area is 174 Å². The van der Waals surface area contributed by atoms with Crippen LogP contribution in [0.15, 0.2) is 24.3 Å². The molecule has 0 bridgehead atoms. The number of hydrogen-bond acceptors (Lipinski definition) is 3. The van der Waals surface area contributed by atoms with Gasteiger partial charge in [0.15, 0.2) is 0 Å². The first-order valence-corrected chi connectivity index (χ1v) is 11.9. The molecule has 2 aliphatic heterocycles. The summed E-state index contributed by atoms with van der Waals surface area (Å²) in [7, 11) is 0. The summed E-state index contributed by atoms with van der Waals surface area (Å²) in [6, 6.07) is 7.86. The SMILES string of the molecule is CCCCCCCC(=O)N1CCC2(CC1)SCCN2C(=O)c1ccccc1C. The molecule has 3 rings (SSSR count). The minimum absolute atomic E-state index is 0.128. The minimum Gasteiger partial charge on any atom is -0.342 e. The van der Waals surface area contributed by atoms with Gasteiger partial charge in [-0.15, -0.1) is 11.8 Å². The number of carbonyl (C=O) groups excluding carboxylic acids is 2. The lowest BCUT2D eigenvalue weighted by atomic mass is 9.99. The van der Waals surface area contributed by atoms with Crippen molar-refractivity contribution in [3.8, 4) is 0 Å². The van der Waals surface area contributed by atoms with Crippen LogP contribution in [-0.4, -0.2) is 51.9 Å². The number of nitrogens with zero attached hydrogens (tertiary/aromatic N) is 2. The number of carbonyl (C=O) groups is 2. The van der Waals surface area contributed by atoms with Gasteiger partial charge in [0.2, 0.25) is 5.91 Å². The summed E-state index contributed by atoms with van der Waals surface area (Å²) in [5.41, 5.74) is 1.85. The predicted molar refractivity (Wildman–Crippen MR) is 117 cm³/mol.